The maximum Gasteiger partial charge on any atom is 0.155 e. The van der Waals surface area contributed by atoms with Crippen LogP contribution in [0.4, 0.5) is 14.5 Å². The van der Waals surface area contributed by atoms with Gasteiger partial charge in [-0.1, -0.05) is 11.8 Å². The van der Waals surface area contributed by atoms with Gasteiger partial charge in [-0.3, -0.25) is 0 Å². The number of aliphatic imine (C=N–C) groups is 1. The van der Waals surface area contributed by atoms with Gasteiger partial charge in [0.1, 0.15) is 17.5 Å². The molecule has 110 valence electrons. The van der Waals surface area contributed by atoms with Gasteiger partial charge in [0.2, 0.25) is 0 Å². The maximum absolute atomic E-state index is 14.8. The van der Waals surface area contributed by atoms with Crippen molar-refractivity contribution in [1.29, 1.82) is 0 Å². The minimum absolute atomic E-state index is 0.106. The Bertz CT molecular complexity index is 540. The van der Waals surface area contributed by atoms with Gasteiger partial charge in [0, 0.05) is 18.4 Å². The molecule has 2 rings (SSSR count). The van der Waals surface area contributed by atoms with Gasteiger partial charge >= 0.3 is 0 Å². The standard InChI is InChI=1S/C13H17F2N3OS/c1-13(8-5-7(16)3-4-9(8)14)11(15)10(6-19-2)20-12(17)18-13/h3-5,10-11H,6,16H2,1-2H3,(H2,17,18)/t10-,11+,13-/m1/s1. The SMILES string of the molecule is COC[C@H]1SC(N)=N[C@](C)(c2cc(N)ccc2F)[C@H]1F. The summed E-state index contributed by atoms with van der Waals surface area (Å²) in [6.07, 6.45) is -1.43. The number of amidine groups is 1. The van der Waals surface area contributed by atoms with Crippen LogP contribution in [0, 0.1) is 5.82 Å². The zero-order valence-corrected chi connectivity index (χ0v) is 12.1. The Hall–Kier alpha value is -1.34. The Labute approximate surface area is 120 Å². The fourth-order valence-electron chi connectivity index (χ4n) is 2.32. The second-order valence-electron chi connectivity index (χ2n) is 4.85. The van der Waals surface area contributed by atoms with E-state index in [1.807, 2.05) is 0 Å². The molecule has 0 saturated heterocycles. The number of benzene rings is 1. The summed E-state index contributed by atoms with van der Waals surface area (Å²) in [4.78, 5) is 4.13. The Morgan fingerprint density at radius 1 is 1.45 bits per heavy atom. The van der Waals surface area contributed by atoms with Crippen molar-refractivity contribution in [3.63, 3.8) is 0 Å². The molecule has 0 aromatic heterocycles. The first-order valence-corrected chi connectivity index (χ1v) is 6.97. The number of rotatable bonds is 3. The van der Waals surface area contributed by atoms with Crippen molar-refractivity contribution in [2.75, 3.05) is 19.5 Å². The van der Waals surface area contributed by atoms with Gasteiger partial charge in [-0.25, -0.2) is 13.8 Å². The molecule has 0 spiro atoms. The molecular formula is C13H17F2N3OS. The van der Waals surface area contributed by atoms with Gasteiger partial charge in [0.25, 0.3) is 0 Å². The molecule has 1 aliphatic heterocycles. The average molecular weight is 301 g/mol. The van der Waals surface area contributed by atoms with Gasteiger partial charge in [-0.05, 0) is 25.1 Å². The molecule has 0 saturated carbocycles. The van der Waals surface area contributed by atoms with Crippen LogP contribution in [-0.4, -0.2) is 30.3 Å². The van der Waals surface area contributed by atoms with Crippen molar-refractivity contribution in [3.8, 4) is 0 Å². The molecule has 0 bridgehead atoms. The highest BCUT2D eigenvalue weighted by Crippen LogP contribution is 2.42. The lowest BCUT2D eigenvalue weighted by molar-refractivity contribution is 0.129. The molecule has 0 aliphatic carbocycles. The van der Waals surface area contributed by atoms with Gasteiger partial charge in [-0.2, -0.15) is 0 Å². The van der Waals surface area contributed by atoms with Crippen LogP contribution >= 0.6 is 11.8 Å². The summed E-state index contributed by atoms with van der Waals surface area (Å²) in [5.41, 5.74) is 10.5. The minimum Gasteiger partial charge on any atom is -0.399 e. The number of nitrogens with two attached hydrogens (primary N) is 2. The lowest BCUT2D eigenvalue weighted by atomic mass is 9.85. The zero-order chi connectivity index (χ0) is 14.9. The summed E-state index contributed by atoms with van der Waals surface area (Å²) >= 11 is 1.10. The number of hydrogen-bond acceptors (Lipinski definition) is 5. The fraction of sp³-hybridized carbons (Fsp3) is 0.462. The van der Waals surface area contributed by atoms with Crippen LogP contribution in [0.5, 0.6) is 0 Å². The Morgan fingerprint density at radius 2 is 2.15 bits per heavy atom. The van der Waals surface area contributed by atoms with E-state index in [-0.39, 0.29) is 17.3 Å². The molecule has 0 fully saturated rings. The van der Waals surface area contributed by atoms with E-state index in [0.717, 1.165) is 11.8 Å². The van der Waals surface area contributed by atoms with Crippen LogP contribution in [0.1, 0.15) is 12.5 Å². The minimum atomic E-state index is -1.43. The summed E-state index contributed by atoms with van der Waals surface area (Å²) in [6, 6.07) is 4.03. The normalized spacial score (nSPS) is 30.1. The predicted octanol–water partition coefficient (Wildman–Crippen LogP) is 2.04. The average Bonchev–Trinajstić information content (AvgIpc) is 2.38. The summed E-state index contributed by atoms with van der Waals surface area (Å²) in [5.74, 6) is -0.552. The number of ether oxygens (including phenoxy) is 1. The van der Waals surface area contributed by atoms with Crippen LogP contribution < -0.4 is 11.5 Å². The lowest BCUT2D eigenvalue weighted by Gasteiger charge is -2.38. The molecule has 4 N–H and O–H groups in total. The molecule has 1 aliphatic rings. The van der Waals surface area contributed by atoms with Gasteiger partial charge in [0.05, 0.1) is 11.9 Å². The third kappa shape index (κ3) is 2.60. The molecule has 1 heterocycles. The molecule has 3 atom stereocenters. The van der Waals surface area contributed by atoms with Crippen molar-refractivity contribution in [2.45, 2.75) is 23.9 Å². The quantitative estimate of drug-likeness (QED) is 0.838. The number of hydrogen-bond donors (Lipinski definition) is 2. The molecule has 4 nitrogen and oxygen atoms in total. The number of alkyl halides is 1. The van der Waals surface area contributed by atoms with Crippen molar-refractivity contribution in [1.82, 2.24) is 0 Å². The third-order valence-electron chi connectivity index (χ3n) is 3.34. The zero-order valence-electron chi connectivity index (χ0n) is 11.3. The van der Waals surface area contributed by atoms with Crippen LogP contribution in [-0.2, 0) is 10.3 Å². The second-order valence-corrected chi connectivity index (χ2v) is 6.11. The Balaban J connectivity index is 2.50. The van der Waals surface area contributed by atoms with E-state index in [2.05, 4.69) is 4.99 Å². The van der Waals surface area contributed by atoms with E-state index in [1.54, 1.807) is 0 Å². The Kier molecular flexibility index (Phi) is 4.19. The monoisotopic (exact) mass is 301 g/mol. The van der Waals surface area contributed by atoms with Crippen LogP contribution in [0.3, 0.4) is 0 Å². The highest BCUT2D eigenvalue weighted by atomic mass is 32.2. The first-order chi connectivity index (χ1) is 9.38. The van der Waals surface area contributed by atoms with Crippen molar-refractivity contribution >= 4 is 22.6 Å². The number of halogens is 2. The van der Waals surface area contributed by atoms with Crippen molar-refractivity contribution in [2.24, 2.45) is 10.7 Å². The first-order valence-electron chi connectivity index (χ1n) is 6.09. The van der Waals surface area contributed by atoms with E-state index >= 15 is 0 Å². The topological polar surface area (TPSA) is 73.6 Å². The number of nitrogens with zero attached hydrogens (tertiary/aromatic N) is 1. The highest BCUT2D eigenvalue weighted by Gasteiger charge is 2.46. The predicted molar refractivity (Wildman–Crippen MR) is 77.9 cm³/mol. The smallest absolute Gasteiger partial charge is 0.155 e. The highest BCUT2D eigenvalue weighted by molar-refractivity contribution is 8.14. The van der Waals surface area contributed by atoms with E-state index in [9.17, 15) is 8.78 Å². The van der Waals surface area contributed by atoms with E-state index in [1.165, 1.54) is 32.2 Å². The maximum atomic E-state index is 14.8. The van der Waals surface area contributed by atoms with Gasteiger partial charge in [0.15, 0.2) is 5.17 Å². The lowest BCUT2D eigenvalue weighted by Crippen LogP contribution is -2.47. The summed E-state index contributed by atoms with van der Waals surface area (Å²) in [7, 11) is 1.48. The van der Waals surface area contributed by atoms with Crippen LogP contribution in [0.25, 0.3) is 0 Å². The fourth-order valence-corrected chi connectivity index (χ4v) is 3.46. The molecule has 1 aromatic carbocycles. The van der Waals surface area contributed by atoms with Crippen LogP contribution in [0.2, 0.25) is 0 Å². The van der Waals surface area contributed by atoms with Gasteiger partial charge < -0.3 is 16.2 Å². The second kappa shape index (κ2) is 5.57. The molecular weight excluding hydrogens is 284 g/mol. The summed E-state index contributed by atoms with van der Waals surface area (Å²) in [6.45, 7) is 1.69. The molecule has 1 aromatic rings. The first kappa shape index (κ1) is 15.1. The van der Waals surface area contributed by atoms with Gasteiger partial charge in [-0.15, -0.1) is 0 Å². The Morgan fingerprint density at radius 3 is 2.80 bits per heavy atom. The number of methoxy groups -OCH3 is 1. The van der Waals surface area contributed by atoms with E-state index in [0.29, 0.717) is 5.69 Å². The number of anilines is 1. The molecule has 0 radical (unpaired) electrons. The van der Waals surface area contributed by atoms with Crippen molar-refractivity contribution in [3.05, 3.63) is 29.6 Å². The van der Waals surface area contributed by atoms with Crippen LogP contribution in [0.15, 0.2) is 23.2 Å². The third-order valence-corrected chi connectivity index (χ3v) is 4.36. The summed E-state index contributed by atoms with van der Waals surface area (Å²) < 4.78 is 33.8. The number of thioether (sulfide) groups is 1. The summed E-state index contributed by atoms with van der Waals surface area (Å²) in [5, 5.41) is -0.325. The van der Waals surface area contributed by atoms with E-state index < -0.39 is 22.8 Å². The molecule has 0 unspecified atom stereocenters. The molecule has 7 heteroatoms. The molecule has 20 heavy (non-hydrogen) atoms. The number of nitrogen functional groups attached to an aromatic ring is 1. The van der Waals surface area contributed by atoms with Crippen molar-refractivity contribution < 1.29 is 13.5 Å². The molecule has 0 amide bonds. The van der Waals surface area contributed by atoms with E-state index in [4.69, 9.17) is 16.2 Å². The largest absolute Gasteiger partial charge is 0.399 e.